The van der Waals surface area contributed by atoms with E-state index in [2.05, 4.69) is 9.88 Å². The molecule has 1 aromatic carbocycles. The van der Waals surface area contributed by atoms with Crippen LogP contribution in [0, 0.1) is 5.82 Å². The third kappa shape index (κ3) is 1.71. The number of hydrogen-bond donors (Lipinski definition) is 1. The zero-order valence-electron chi connectivity index (χ0n) is 9.23. The lowest BCUT2D eigenvalue weighted by Gasteiger charge is -2.19. The molecule has 0 aliphatic carbocycles. The summed E-state index contributed by atoms with van der Waals surface area (Å²) in [6, 6.07) is 8.60. The maximum atomic E-state index is 13.3. The minimum absolute atomic E-state index is 0.210. The monoisotopic (exact) mass is 229 g/mol. The van der Waals surface area contributed by atoms with Crippen LogP contribution in [0.15, 0.2) is 36.5 Å². The van der Waals surface area contributed by atoms with Crippen molar-refractivity contribution in [3.63, 3.8) is 0 Å². The molecule has 0 bridgehead atoms. The van der Waals surface area contributed by atoms with E-state index >= 15 is 0 Å². The van der Waals surface area contributed by atoms with E-state index in [1.54, 1.807) is 18.3 Å². The van der Waals surface area contributed by atoms with Crippen LogP contribution < -0.4 is 10.6 Å². The van der Waals surface area contributed by atoms with Crippen LogP contribution in [0.1, 0.15) is 5.56 Å². The number of anilines is 3. The van der Waals surface area contributed by atoms with E-state index in [4.69, 9.17) is 5.73 Å². The summed E-state index contributed by atoms with van der Waals surface area (Å²) in [5.74, 6) is 0.269. The molecule has 2 aromatic rings. The minimum atomic E-state index is -0.210. The lowest BCUT2D eigenvalue weighted by molar-refractivity contribution is 0.628. The smallest absolute Gasteiger partial charge is 0.125 e. The van der Waals surface area contributed by atoms with Crippen LogP contribution in [0.25, 0.3) is 0 Å². The summed E-state index contributed by atoms with van der Waals surface area (Å²) in [5, 5.41) is 0. The van der Waals surface area contributed by atoms with Gasteiger partial charge >= 0.3 is 0 Å². The van der Waals surface area contributed by atoms with Crippen molar-refractivity contribution in [3.8, 4) is 0 Å². The average Bonchev–Trinajstić information content (AvgIpc) is 2.71. The van der Waals surface area contributed by atoms with Gasteiger partial charge in [0.1, 0.15) is 11.6 Å². The number of nitrogens with two attached hydrogens (primary N) is 1. The molecule has 1 aliphatic rings. The maximum Gasteiger partial charge on any atom is 0.125 e. The summed E-state index contributed by atoms with van der Waals surface area (Å²) >= 11 is 0. The molecule has 1 aromatic heterocycles. The Morgan fingerprint density at radius 2 is 2.12 bits per heavy atom. The number of nitrogens with zero attached hydrogens (tertiary/aromatic N) is 2. The van der Waals surface area contributed by atoms with E-state index in [1.807, 2.05) is 12.1 Å². The second-order valence-electron chi connectivity index (χ2n) is 4.11. The first-order valence-corrected chi connectivity index (χ1v) is 5.51. The number of halogens is 1. The van der Waals surface area contributed by atoms with Gasteiger partial charge in [0, 0.05) is 30.2 Å². The van der Waals surface area contributed by atoms with Crippen LogP contribution >= 0.6 is 0 Å². The fraction of sp³-hybridized carbons (Fsp3) is 0.154. The highest BCUT2D eigenvalue weighted by Gasteiger charge is 2.20. The summed E-state index contributed by atoms with van der Waals surface area (Å²) in [6.45, 7) is 0.849. The summed E-state index contributed by atoms with van der Waals surface area (Å²) < 4.78 is 13.3. The summed E-state index contributed by atoms with van der Waals surface area (Å²) in [5.41, 5.74) is 8.72. The summed E-state index contributed by atoms with van der Waals surface area (Å²) in [4.78, 5) is 6.03. The van der Waals surface area contributed by atoms with Crippen LogP contribution in [0.5, 0.6) is 0 Å². The second kappa shape index (κ2) is 3.73. The van der Waals surface area contributed by atoms with Gasteiger partial charge in [-0.1, -0.05) is 6.07 Å². The van der Waals surface area contributed by atoms with Crippen molar-refractivity contribution in [1.82, 2.24) is 4.98 Å². The van der Waals surface area contributed by atoms with Crippen molar-refractivity contribution in [2.75, 3.05) is 17.2 Å². The predicted octanol–water partition coefficient (Wildman–Crippen LogP) is 2.50. The van der Waals surface area contributed by atoms with Gasteiger partial charge in [0.15, 0.2) is 0 Å². The quantitative estimate of drug-likeness (QED) is 0.816. The van der Waals surface area contributed by atoms with Gasteiger partial charge in [-0.3, -0.25) is 0 Å². The number of pyridine rings is 1. The van der Waals surface area contributed by atoms with Crippen molar-refractivity contribution in [2.45, 2.75) is 6.42 Å². The van der Waals surface area contributed by atoms with E-state index in [9.17, 15) is 4.39 Å². The number of nitrogen functional groups attached to an aromatic ring is 1. The zero-order valence-corrected chi connectivity index (χ0v) is 9.23. The van der Waals surface area contributed by atoms with E-state index in [0.717, 1.165) is 24.3 Å². The van der Waals surface area contributed by atoms with Gasteiger partial charge in [0.2, 0.25) is 0 Å². The van der Waals surface area contributed by atoms with Crippen LogP contribution in [0.3, 0.4) is 0 Å². The van der Waals surface area contributed by atoms with E-state index in [1.165, 1.54) is 11.6 Å². The van der Waals surface area contributed by atoms with Crippen LogP contribution in [-0.4, -0.2) is 11.5 Å². The van der Waals surface area contributed by atoms with Gasteiger partial charge in [-0.2, -0.15) is 0 Å². The predicted molar refractivity (Wildman–Crippen MR) is 65.8 cm³/mol. The Balaban J connectivity index is 2.06. The van der Waals surface area contributed by atoms with Crippen LogP contribution in [-0.2, 0) is 6.42 Å². The van der Waals surface area contributed by atoms with Gasteiger partial charge in [-0.05, 0) is 30.2 Å². The Hall–Kier alpha value is -2.10. The molecule has 0 atom stereocenters. The summed E-state index contributed by atoms with van der Waals surface area (Å²) in [6.07, 6.45) is 2.60. The molecule has 0 saturated heterocycles. The molecular formula is C13H12FN3. The molecule has 3 nitrogen and oxygen atoms in total. The molecule has 2 N–H and O–H groups in total. The van der Waals surface area contributed by atoms with Gasteiger partial charge in [0.25, 0.3) is 0 Å². The van der Waals surface area contributed by atoms with E-state index < -0.39 is 0 Å². The average molecular weight is 229 g/mol. The van der Waals surface area contributed by atoms with Crippen molar-refractivity contribution in [3.05, 3.63) is 47.9 Å². The molecule has 17 heavy (non-hydrogen) atoms. The zero-order chi connectivity index (χ0) is 11.8. The summed E-state index contributed by atoms with van der Waals surface area (Å²) in [7, 11) is 0. The standard InChI is InChI=1S/C13H12FN3/c14-10-2-1-9-4-6-17(12(9)7-10)11-3-5-16-13(15)8-11/h1-3,5,7-8H,4,6H2,(H2,15,16). The third-order valence-corrected chi connectivity index (χ3v) is 3.02. The number of hydrogen-bond acceptors (Lipinski definition) is 3. The second-order valence-corrected chi connectivity index (χ2v) is 4.11. The van der Waals surface area contributed by atoms with Crippen molar-refractivity contribution in [2.24, 2.45) is 0 Å². The molecule has 3 rings (SSSR count). The van der Waals surface area contributed by atoms with E-state index in [-0.39, 0.29) is 5.82 Å². The molecule has 0 saturated carbocycles. The van der Waals surface area contributed by atoms with Gasteiger partial charge in [0.05, 0.1) is 0 Å². The molecule has 0 amide bonds. The molecular weight excluding hydrogens is 217 g/mol. The molecule has 0 fully saturated rings. The molecule has 0 spiro atoms. The molecule has 0 radical (unpaired) electrons. The van der Waals surface area contributed by atoms with Crippen molar-refractivity contribution in [1.29, 1.82) is 0 Å². The normalized spacial score (nSPS) is 13.8. The number of aromatic nitrogens is 1. The van der Waals surface area contributed by atoms with Crippen molar-refractivity contribution < 1.29 is 4.39 Å². The van der Waals surface area contributed by atoms with Gasteiger partial charge < -0.3 is 10.6 Å². The third-order valence-electron chi connectivity index (χ3n) is 3.02. The first-order chi connectivity index (χ1) is 8.24. The van der Waals surface area contributed by atoms with E-state index in [0.29, 0.717) is 5.82 Å². The lowest BCUT2D eigenvalue weighted by Crippen LogP contribution is -2.13. The minimum Gasteiger partial charge on any atom is -0.384 e. The lowest BCUT2D eigenvalue weighted by atomic mass is 10.1. The highest BCUT2D eigenvalue weighted by Crippen LogP contribution is 2.35. The number of benzene rings is 1. The maximum absolute atomic E-state index is 13.3. The fourth-order valence-corrected chi connectivity index (χ4v) is 2.23. The molecule has 2 heterocycles. The molecule has 86 valence electrons. The Bertz CT molecular complexity index is 568. The highest BCUT2D eigenvalue weighted by molar-refractivity contribution is 5.70. The Morgan fingerprint density at radius 3 is 2.94 bits per heavy atom. The van der Waals surface area contributed by atoms with Gasteiger partial charge in [-0.25, -0.2) is 9.37 Å². The van der Waals surface area contributed by atoms with Crippen molar-refractivity contribution >= 4 is 17.2 Å². The fourth-order valence-electron chi connectivity index (χ4n) is 2.23. The first-order valence-electron chi connectivity index (χ1n) is 5.51. The Kier molecular flexibility index (Phi) is 2.21. The Morgan fingerprint density at radius 1 is 1.24 bits per heavy atom. The topological polar surface area (TPSA) is 42.1 Å². The number of fused-ring (bicyclic) bond motifs is 1. The van der Waals surface area contributed by atoms with Crippen LogP contribution in [0.4, 0.5) is 21.6 Å². The largest absolute Gasteiger partial charge is 0.384 e. The molecule has 4 heteroatoms. The number of rotatable bonds is 1. The van der Waals surface area contributed by atoms with Gasteiger partial charge in [-0.15, -0.1) is 0 Å². The molecule has 0 unspecified atom stereocenters. The SMILES string of the molecule is Nc1cc(N2CCc3ccc(F)cc32)ccn1. The highest BCUT2D eigenvalue weighted by atomic mass is 19.1. The molecule has 1 aliphatic heterocycles. The van der Waals surface area contributed by atoms with Crippen LogP contribution in [0.2, 0.25) is 0 Å². The Labute approximate surface area is 98.7 Å². The first kappa shape index (κ1) is 10.1.